The fourth-order valence-electron chi connectivity index (χ4n) is 3.48. The molecule has 1 heterocycles. The molecule has 37 heavy (non-hydrogen) atoms. The van der Waals surface area contributed by atoms with Crippen molar-refractivity contribution in [1.29, 1.82) is 0 Å². The highest BCUT2D eigenvalue weighted by Gasteiger charge is 2.32. The van der Waals surface area contributed by atoms with Crippen LogP contribution >= 0.6 is 22.6 Å². The summed E-state index contributed by atoms with van der Waals surface area (Å²) in [6.07, 6.45) is 0.0893. The first-order valence-corrected chi connectivity index (χ1v) is 12.2. The number of phenolic OH excluding ortho intramolecular Hbond substituents is 2. The topological polar surface area (TPSA) is 171 Å². The molecule has 1 aliphatic heterocycles. The Hall–Kier alpha value is -3.72. The number of hydrazone groups is 1. The summed E-state index contributed by atoms with van der Waals surface area (Å²) in [4.78, 5) is 24.4. The number of amides is 2. The molecule has 0 bridgehead atoms. The van der Waals surface area contributed by atoms with Crippen LogP contribution in [0.3, 0.4) is 0 Å². The van der Waals surface area contributed by atoms with Gasteiger partial charge in [0.15, 0.2) is 17.7 Å². The van der Waals surface area contributed by atoms with E-state index >= 15 is 0 Å². The van der Waals surface area contributed by atoms with Crippen molar-refractivity contribution in [3.63, 3.8) is 0 Å². The normalized spacial score (nSPS) is 16.1. The summed E-state index contributed by atoms with van der Waals surface area (Å²) in [7, 11) is 1.26. The molecule has 0 radical (unpaired) electrons. The van der Waals surface area contributed by atoms with Gasteiger partial charge in [-0.15, -0.1) is 0 Å². The van der Waals surface area contributed by atoms with E-state index in [1.54, 1.807) is 32.0 Å². The van der Waals surface area contributed by atoms with Crippen LogP contribution in [0.15, 0.2) is 46.7 Å². The highest BCUT2D eigenvalue weighted by atomic mass is 127. The van der Waals surface area contributed by atoms with Crippen molar-refractivity contribution in [2.24, 2.45) is 5.10 Å². The summed E-state index contributed by atoms with van der Waals surface area (Å²) in [6.45, 7) is 3.51. The van der Waals surface area contributed by atoms with Crippen molar-refractivity contribution < 1.29 is 39.1 Å². The molecular weight excluding hydrogens is 599 g/mol. The van der Waals surface area contributed by atoms with Gasteiger partial charge in [0.05, 0.1) is 35.1 Å². The Labute approximate surface area is 226 Å². The van der Waals surface area contributed by atoms with Gasteiger partial charge in [0.25, 0.3) is 0 Å². The second-order valence-electron chi connectivity index (χ2n) is 7.78. The zero-order valence-electron chi connectivity index (χ0n) is 20.2. The van der Waals surface area contributed by atoms with Gasteiger partial charge >= 0.3 is 12.0 Å². The Morgan fingerprint density at radius 3 is 2.68 bits per heavy atom. The summed E-state index contributed by atoms with van der Waals surface area (Å²) >= 11 is 1.91. The van der Waals surface area contributed by atoms with Gasteiger partial charge in [-0.25, -0.2) is 9.59 Å². The SMILES string of the molecule is CCOc1cc([C@@H]2NC(=O)NC(C)=C2C(=O)OC)ccc1OC[C@@H](O)N/N=C\c1cc(I)c(O)cc1O. The fraction of sp³-hybridized carbons (Fsp3) is 0.292. The van der Waals surface area contributed by atoms with Gasteiger partial charge in [-0.1, -0.05) is 6.07 Å². The Morgan fingerprint density at radius 1 is 1.22 bits per heavy atom. The molecule has 0 fully saturated rings. The van der Waals surface area contributed by atoms with E-state index in [-0.39, 0.29) is 23.7 Å². The van der Waals surface area contributed by atoms with Crippen LogP contribution < -0.4 is 25.5 Å². The quantitative estimate of drug-likeness (QED) is 0.0761. The van der Waals surface area contributed by atoms with E-state index in [1.165, 1.54) is 25.5 Å². The summed E-state index contributed by atoms with van der Waals surface area (Å²) in [5, 5.41) is 38.9. The smallest absolute Gasteiger partial charge is 0.337 e. The third-order valence-electron chi connectivity index (χ3n) is 5.20. The van der Waals surface area contributed by atoms with E-state index in [2.05, 4.69) is 21.2 Å². The lowest BCUT2D eigenvalue weighted by atomic mass is 9.95. The lowest BCUT2D eigenvalue weighted by Crippen LogP contribution is -2.45. The first-order chi connectivity index (χ1) is 17.6. The minimum atomic E-state index is -1.20. The number of ether oxygens (including phenoxy) is 3. The second kappa shape index (κ2) is 12.5. The number of aliphatic hydroxyl groups excluding tert-OH is 1. The number of halogens is 1. The minimum Gasteiger partial charge on any atom is -0.507 e. The van der Waals surface area contributed by atoms with Crippen molar-refractivity contribution >= 4 is 40.8 Å². The van der Waals surface area contributed by atoms with E-state index in [0.29, 0.717) is 38.5 Å². The van der Waals surface area contributed by atoms with E-state index < -0.39 is 24.3 Å². The highest BCUT2D eigenvalue weighted by molar-refractivity contribution is 14.1. The third kappa shape index (κ3) is 6.95. The number of aromatic hydroxyl groups is 2. The summed E-state index contributed by atoms with van der Waals surface area (Å²) in [5.41, 5.74) is 4.03. The molecule has 13 heteroatoms. The zero-order valence-corrected chi connectivity index (χ0v) is 22.4. The van der Waals surface area contributed by atoms with Crippen molar-refractivity contribution in [2.75, 3.05) is 20.3 Å². The fourth-order valence-corrected chi connectivity index (χ4v) is 3.98. The first-order valence-electron chi connectivity index (χ1n) is 11.1. The molecule has 0 aromatic heterocycles. The molecule has 2 atom stereocenters. The van der Waals surface area contributed by atoms with Gasteiger partial charge in [-0.3, -0.25) is 5.43 Å². The number of nitrogens with zero attached hydrogens (tertiary/aromatic N) is 1. The third-order valence-corrected chi connectivity index (χ3v) is 6.06. The largest absolute Gasteiger partial charge is 0.507 e. The average molecular weight is 626 g/mol. The Bertz CT molecular complexity index is 1230. The van der Waals surface area contributed by atoms with Crippen LogP contribution in [0, 0.1) is 3.57 Å². The van der Waals surface area contributed by atoms with Crippen LogP contribution in [-0.2, 0) is 9.53 Å². The number of hydrogen-bond donors (Lipinski definition) is 6. The molecule has 6 N–H and O–H groups in total. The maximum absolute atomic E-state index is 12.4. The van der Waals surface area contributed by atoms with Crippen LogP contribution in [-0.4, -0.2) is 60.1 Å². The number of aliphatic hydroxyl groups is 1. The van der Waals surface area contributed by atoms with Gasteiger partial charge in [-0.05, 0) is 60.2 Å². The maximum atomic E-state index is 12.4. The molecule has 2 aromatic carbocycles. The predicted octanol–water partition coefficient (Wildman–Crippen LogP) is 2.22. The lowest BCUT2D eigenvalue weighted by molar-refractivity contribution is -0.136. The molecule has 0 aliphatic carbocycles. The summed E-state index contributed by atoms with van der Waals surface area (Å²) < 4.78 is 16.8. The number of allylic oxidation sites excluding steroid dienone is 1. The van der Waals surface area contributed by atoms with E-state index in [0.717, 1.165) is 0 Å². The molecule has 12 nitrogen and oxygen atoms in total. The second-order valence-corrected chi connectivity index (χ2v) is 8.94. The van der Waals surface area contributed by atoms with E-state index in [4.69, 9.17) is 14.2 Å². The highest BCUT2D eigenvalue weighted by Crippen LogP contribution is 2.35. The number of urea groups is 1. The molecular formula is C24H27IN4O8. The molecule has 0 spiro atoms. The van der Waals surface area contributed by atoms with Crippen molar-refractivity contribution in [3.05, 3.63) is 56.3 Å². The molecule has 3 rings (SSSR count). The van der Waals surface area contributed by atoms with Crippen LogP contribution in [0.2, 0.25) is 0 Å². The number of carbonyl (C=O) groups excluding carboxylic acids is 2. The Kier molecular flexibility index (Phi) is 9.41. The number of esters is 1. The van der Waals surface area contributed by atoms with Gasteiger partial charge in [-0.2, -0.15) is 5.10 Å². The van der Waals surface area contributed by atoms with Crippen LogP contribution in [0.4, 0.5) is 4.79 Å². The standard InChI is InChI=1S/C24H27IN4O8/c1-4-36-19-8-13(22-21(23(33)35-3)12(2)27-24(34)28-22)5-6-18(19)37-11-20(32)29-26-10-14-7-15(25)17(31)9-16(14)30/h5-10,20,22,29-32H,4,11H2,1-3H3,(H2,27,28,34)/b26-10-/t20-,22+/m1/s1. The van der Waals surface area contributed by atoms with Crippen molar-refractivity contribution in [1.82, 2.24) is 16.1 Å². The number of nitrogens with one attached hydrogen (secondary N) is 3. The van der Waals surface area contributed by atoms with Gasteiger partial charge in [0, 0.05) is 17.3 Å². The van der Waals surface area contributed by atoms with Crippen molar-refractivity contribution in [3.8, 4) is 23.0 Å². The van der Waals surface area contributed by atoms with Crippen LogP contribution in [0.1, 0.15) is 31.0 Å². The Balaban J connectivity index is 1.71. The number of methoxy groups -OCH3 is 1. The summed E-state index contributed by atoms with van der Waals surface area (Å²) in [5.74, 6) is -0.141. The maximum Gasteiger partial charge on any atom is 0.337 e. The number of benzene rings is 2. The Morgan fingerprint density at radius 2 is 1.97 bits per heavy atom. The number of rotatable bonds is 10. The van der Waals surface area contributed by atoms with Crippen LogP contribution in [0.25, 0.3) is 0 Å². The zero-order chi connectivity index (χ0) is 27.1. The van der Waals surface area contributed by atoms with Gasteiger partial charge in [0.2, 0.25) is 0 Å². The minimum absolute atomic E-state index is 0.0528. The molecule has 198 valence electrons. The monoisotopic (exact) mass is 626 g/mol. The molecule has 1 aliphatic rings. The van der Waals surface area contributed by atoms with E-state index in [1.807, 2.05) is 22.6 Å². The molecule has 2 aromatic rings. The molecule has 0 unspecified atom stereocenters. The number of phenols is 2. The molecule has 2 amide bonds. The van der Waals surface area contributed by atoms with Gasteiger partial charge in [0.1, 0.15) is 18.1 Å². The predicted molar refractivity (Wildman–Crippen MR) is 141 cm³/mol. The number of hydrogen-bond acceptors (Lipinski definition) is 10. The molecule has 0 saturated carbocycles. The average Bonchev–Trinajstić information content (AvgIpc) is 2.85. The summed E-state index contributed by atoms with van der Waals surface area (Å²) in [6, 6.07) is 6.40. The lowest BCUT2D eigenvalue weighted by Gasteiger charge is -2.28. The first kappa shape index (κ1) is 27.9. The van der Waals surface area contributed by atoms with E-state index in [9.17, 15) is 24.9 Å². The molecule has 0 saturated heterocycles. The van der Waals surface area contributed by atoms with Crippen LogP contribution in [0.5, 0.6) is 23.0 Å². The van der Waals surface area contributed by atoms with Crippen molar-refractivity contribution in [2.45, 2.75) is 26.1 Å². The van der Waals surface area contributed by atoms with Gasteiger partial charge < -0.3 is 40.2 Å². The number of carbonyl (C=O) groups is 2.